The Kier molecular flexibility index (Phi) is 6.77. The molecule has 1 amide bonds. The molecule has 7 heteroatoms. The van der Waals surface area contributed by atoms with Gasteiger partial charge in [-0.05, 0) is 24.6 Å². The summed E-state index contributed by atoms with van der Waals surface area (Å²) in [6, 6.07) is 3.06. The zero-order valence-corrected chi connectivity index (χ0v) is 12.9. The third kappa shape index (κ3) is 6.22. The van der Waals surface area contributed by atoms with Crippen molar-refractivity contribution in [1.29, 1.82) is 0 Å². The lowest BCUT2D eigenvalue weighted by molar-refractivity contribution is -0.116. The number of nitrogens with one attached hydrogen (secondary N) is 1. The molecule has 1 aromatic carbocycles. The van der Waals surface area contributed by atoms with E-state index in [2.05, 4.69) is 12.2 Å². The number of hydrogen-bond donors (Lipinski definition) is 2. The van der Waals surface area contributed by atoms with Gasteiger partial charge in [0.25, 0.3) is 0 Å². The fourth-order valence-electron chi connectivity index (χ4n) is 1.88. The van der Waals surface area contributed by atoms with E-state index in [1.54, 1.807) is 0 Å². The Morgan fingerprint density at radius 3 is 2.52 bits per heavy atom. The smallest absolute Gasteiger partial charge is 0.238 e. The number of carbonyl (C=O) groups excluding carboxylic acids is 1. The molecule has 0 saturated carbocycles. The van der Waals surface area contributed by atoms with Crippen molar-refractivity contribution in [3.8, 4) is 0 Å². The van der Waals surface area contributed by atoms with Crippen LogP contribution < -0.4 is 10.5 Å². The van der Waals surface area contributed by atoms with Crippen LogP contribution in [0, 0.1) is 5.82 Å². The molecule has 118 valence electrons. The van der Waals surface area contributed by atoms with Crippen LogP contribution in [0.25, 0.3) is 0 Å². The van der Waals surface area contributed by atoms with Gasteiger partial charge in [0, 0.05) is 6.42 Å². The van der Waals surface area contributed by atoms with Gasteiger partial charge < -0.3 is 5.32 Å². The Morgan fingerprint density at radius 2 is 1.90 bits per heavy atom. The lowest BCUT2D eigenvalue weighted by Crippen LogP contribution is -2.15. The highest BCUT2D eigenvalue weighted by atomic mass is 32.2. The number of sulfonamides is 1. The van der Waals surface area contributed by atoms with Crippen LogP contribution in [0.4, 0.5) is 10.1 Å². The molecule has 0 aliphatic carbocycles. The van der Waals surface area contributed by atoms with Crippen LogP contribution in [0.15, 0.2) is 23.1 Å². The molecule has 5 nitrogen and oxygen atoms in total. The first kappa shape index (κ1) is 17.6. The van der Waals surface area contributed by atoms with Crippen molar-refractivity contribution in [2.45, 2.75) is 50.3 Å². The van der Waals surface area contributed by atoms with Crippen LogP contribution in [-0.4, -0.2) is 14.3 Å². The minimum atomic E-state index is -3.92. The van der Waals surface area contributed by atoms with Gasteiger partial charge in [0.2, 0.25) is 15.9 Å². The van der Waals surface area contributed by atoms with E-state index >= 15 is 0 Å². The lowest BCUT2D eigenvalue weighted by Gasteiger charge is -2.08. The van der Waals surface area contributed by atoms with Crippen molar-refractivity contribution in [2.75, 3.05) is 5.32 Å². The minimum absolute atomic E-state index is 0.167. The molecule has 0 aliphatic rings. The summed E-state index contributed by atoms with van der Waals surface area (Å²) in [7, 11) is -3.92. The monoisotopic (exact) mass is 316 g/mol. The van der Waals surface area contributed by atoms with Crippen LogP contribution in [0.2, 0.25) is 0 Å². The molecule has 1 aromatic rings. The number of nitrogens with two attached hydrogens (primary N) is 1. The van der Waals surface area contributed by atoms with Crippen LogP contribution in [0.5, 0.6) is 0 Å². The highest BCUT2D eigenvalue weighted by molar-refractivity contribution is 7.89. The van der Waals surface area contributed by atoms with Crippen molar-refractivity contribution < 1.29 is 17.6 Å². The van der Waals surface area contributed by atoms with E-state index in [1.165, 1.54) is 0 Å². The van der Waals surface area contributed by atoms with Gasteiger partial charge in [-0.15, -0.1) is 0 Å². The second-order valence-electron chi connectivity index (χ2n) is 4.90. The van der Waals surface area contributed by atoms with E-state index in [4.69, 9.17) is 5.14 Å². The Balaban J connectivity index is 2.59. The molecule has 0 spiro atoms. The van der Waals surface area contributed by atoms with Crippen molar-refractivity contribution in [2.24, 2.45) is 5.14 Å². The van der Waals surface area contributed by atoms with Crippen LogP contribution in [0.1, 0.15) is 45.4 Å². The van der Waals surface area contributed by atoms with Crippen LogP contribution in [-0.2, 0) is 14.8 Å². The van der Waals surface area contributed by atoms with Crippen molar-refractivity contribution in [3.05, 3.63) is 24.0 Å². The number of carbonyl (C=O) groups is 1. The fourth-order valence-corrected chi connectivity index (χ4v) is 2.42. The highest BCUT2D eigenvalue weighted by Crippen LogP contribution is 2.19. The molecule has 0 heterocycles. The zero-order chi connectivity index (χ0) is 15.9. The molecule has 0 fully saturated rings. The topological polar surface area (TPSA) is 89.3 Å². The molecule has 0 atom stereocenters. The van der Waals surface area contributed by atoms with Gasteiger partial charge in [-0.3, -0.25) is 4.79 Å². The molecule has 0 saturated heterocycles. The summed E-state index contributed by atoms with van der Waals surface area (Å²) < 4.78 is 36.0. The Labute approximate surface area is 124 Å². The minimum Gasteiger partial charge on any atom is -0.324 e. The quantitative estimate of drug-likeness (QED) is 0.723. The van der Waals surface area contributed by atoms with E-state index in [0.29, 0.717) is 0 Å². The van der Waals surface area contributed by atoms with Crippen molar-refractivity contribution in [3.63, 3.8) is 0 Å². The highest BCUT2D eigenvalue weighted by Gasteiger charge is 2.13. The zero-order valence-electron chi connectivity index (χ0n) is 12.1. The second-order valence-corrected chi connectivity index (χ2v) is 6.46. The second kappa shape index (κ2) is 8.09. The van der Waals surface area contributed by atoms with E-state index in [-0.39, 0.29) is 22.9 Å². The number of primary sulfonamides is 1. The number of benzene rings is 1. The summed E-state index contributed by atoms with van der Waals surface area (Å²) in [5, 5.41) is 7.35. The number of amides is 1. The van der Waals surface area contributed by atoms with Gasteiger partial charge in [-0.2, -0.15) is 0 Å². The average Bonchev–Trinajstić information content (AvgIpc) is 2.40. The summed E-state index contributed by atoms with van der Waals surface area (Å²) in [4.78, 5) is 11.5. The van der Waals surface area contributed by atoms with Crippen molar-refractivity contribution >= 4 is 21.6 Å². The number of anilines is 1. The average molecular weight is 316 g/mol. The van der Waals surface area contributed by atoms with Gasteiger partial charge in [0.15, 0.2) is 0 Å². The molecule has 1 rings (SSSR count). The molecule has 21 heavy (non-hydrogen) atoms. The van der Waals surface area contributed by atoms with E-state index in [9.17, 15) is 17.6 Å². The van der Waals surface area contributed by atoms with E-state index < -0.39 is 15.8 Å². The first-order chi connectivity index (χ1) is 9.84. The molecule has 0 aliphatic heterocycles. The maximum Gasteiger partial charge on any atom is 0.238 e. The van der Waals surface area contributed by atoms with Gasteiger partial charge in [-0.1, -0.05) is 32.6 Å². The summed E-state index contributed by atoms with van der Waals surface area (Å²) >= 11 is 0. The molecule has 0 unspecified atom stereocenters. The van der Waals surface area contributed by atoms with Gasteiger partial charge in [-0.25, -0.2) is 17.9 Å². The summed E-state index contributed by atoms with van der Waals surface area (Å²) in [6.45, 7) is 2.11. The third-order valence-electron chi connectivity index (χ3n) is 3.05. The Bertz CT molecular complexity index is 588. The molecule has 0 radical (unpaired) electrons. The summed E-state index contributed by atoms with van der Waals surface area (Å²) in [5.74, 6) is -1.03. The van der Waals surface area contributed by atoms with Crippen molar-refractivity contribution in [1.82, 2.24) is 0 Å². The molecule has 0 aromatic heterocycles. The molecular formula is C14H21FN2O3S. The van der Waals surface area contributed by atoms with Gasteiger partial charge >= 0.3 is 0 Å². The first-order valence-electron chi connectivity index (χ1n) is 6.96. The third-order valence-corrected chi connectivity index (χ3v) is 3.96. The van der Waals surface area contributed by atoms with Gasteiger partial charge in [0.05, 0.1) is 10.6 Å². The SMILES string of the molecule is CCCCCCCC(=O)Nc1cc(S(N)(=O)=O)ccc1F. The largest absolute Gasteiger partial charge is 0.324 e. The predicted molar refractivity (Wildman–Crippen MR) is 79.8 cm³/mol. The maximum atomic E-state index is 13.6. The molecule has 0 bridgehead atoms. The number of unbranched alkanes of at least 4 members (excludes halogenated alkanes) is 4. The standard InChI is InChI=1S/C14H21FN2O3S/c1-2-3-4-5-6-7-14(18)17-13-10-11(21(16,19)20)8-9-12(13)15/h8-10H,2-7H2,1H3,(H,17,18)(H2,16,19,20). The fraction of sp³-hybridized carbons (Fsp3) is 0.500. The Hall–Kier alpha value is -1.47. The van der Waals surface area contributed by atoms with Crippen LogP contribution >= 0.6 is 0 Å². The maximum absolute atomic E-state index is 13.6. The normalized spacial score (nSPS) is 11.4. The number of rotatable bonds is 8. The summed E-state index contributed by atoms with van der Waals surface area (Å²) in [6.07, 6.45) is 5.27. The van der Waals surface area contributed by atoms with Gasteiger partial charge in [0.1, 0.15) is 5.82 Å². The number of hydrogen-bond acceptors (Lipinski definition) is 3. The van der Waals surface area contributed by atoms with Crippen LogP contribution in [0.3, 0.4) is 0 Å². The van der Waals surface area contributed by atoms with E-state index in [1.807, 2.05) is 0 Å². The van der Waals surface area contributed by atoms with E-state index in [0.717, 1.165) is 50.3 Å². The predicted octanol–water partition coefficient (Wildman–Crippen LogP) is 2.77. The molecule has 3 N–H and O–H groups in total. The number of halogens is 1. The molecular weight excluding hydrogens is 295 g/mol. The lowest BCUT2D eigenvalue weighted by atomic mass is 10.1. The summed E-state index contributed by atoms with van der Waals surface area (Å²) in [5.41, 5.74) is -0.167. The Morgan fingerprint density at radius 1 is 1.24 bits per heavy atom. The first-order valence-corrected chi connectivity index (χ1v) is 8.51.